The summed E-state index contributed by atoms with van der Waals surface area (Å²) in [6.45, 7) is 3.56. The second kappa shape index (κ2) is 7.27. The molecule has 4 nitrogen and oxygen atoms in total. The van der Waals surface area contributed by atoms with E-state index >= 15 is 0 Å². The van der Waals surface area contributed by atoms with Crippen molar-refractivity contribution in [1.29, 1.82) is 0 Å². The maximum atomic E-state index is 9.40. The average Bonchev–Trinajstić information content (AvgIpc) is 2.34. The number of aliphatic hydroxyl groups excluding tert-OH is 2. The monoisotopic (exact) mass is 239 g/mol. The lowest BCUT2D eigenvalue weighted by atomic mass is 10.1. The average molecular weight is 239 g/mol. The van der Waals surface area contributed by atoms with Crippen LogP contribution in [0.4, 0.5) is 5.69 Å². The molecular formula is C13H21NO3. The maximum Gasteiger partial charge on any atom is 0.0761 e. The lowest BCUT2D eigenvalue weighted by Gasteiger charge is -2.19. The van der Waals surface area contributed by atoms with E-state index in [9.17, 15) is 5.11 Å². The number of hydrogen-bond donors (Lipinski definition) is 2. The smallest absolute Gasteiger partial charge is 0.0761 e. The molecule has 0 aliphatic carbocycles. The normalized spacial score (nSPS) is 12.5. The first-order valence-electron chi connectivity index (χ1n) is 5.83. The third kappa shape index (κ3) is 4.73. The molecule has 0 spiro atoms. The Labute approximate surface area is 102 Å². The molecule has 2 N–H and O–H groups in total. The van der Waals surface area contributed by atoms with Crippen molar-refractivity contribution in [3.8, 4) is 0 Å². The third-order valence-electron chi connectivity index (χ3n) is 2.62. The van der Waals surface area contributed by atoms with E-state index in [2.05, 4.69) is 4.90 Å². The number of ether oxygens (including phenoxy) is 1. The van der Waals surface area contributed by atoms with Crippen LogP contribution in [0.15, 0.2) is 24.3 Å². The molecule has 0 unspecified atom stereocenters. The first kappa shape index (κ1) is 14.0. The van der Waals surface area contributed by atoms with Crippen LogP contribution in [0.3, 0.4) is 0 Å². The van der Waals surface area contributed by atoms with Crippen LogP contribution in [0, 0.1) is 0 Å². The molecule has 0 saturated heterocycles. The Morgan fingerprint density at radius 3 is 2.41 bits per heavy atom. The van der Waals surface area contributed by atoms with Crippen LogP contribution in [-0.4, -0.2) is 43.6 Å². The summed E-state index contributed by atoms with van der Waals surface area (Å²) in [5.74, 6) is 0. The van der Waals surface area contributed by atoms with Crippen LogP contribution in [-0.2, 0) is 4.74 Å². The lowest BCUT2D eigenvalue weighted by Crippen LogP contribution is -2.23. The van der Waals surface area contributed by atoms with Gasteiger partial charge in [0.25, 0.3) is 0 Å². The minimum atomic E-state index is -0.428. The first-order valence-corrected chi connectivity index (χ1v) is 5.83. The summed E-state index contributed by atoms with van der Waals surface area (Å²) in [7, 11) is 1.99. The maximum absolute atomic E-state index is 9.40. The highest BCUT2D eigenvalue weighted by atomic mass is 16.5. The summed E-state index contributed by atoms with van der Waals surface area (Å²) >= 11 is 0. The molecule has 0 amide bonds. The molecule has 1 rings (SSSR count). The van der Waals surface area contributed by atoms with Crippen molar-refractivity contribution in [1.82, 2.24) is 0 Å². The Balaban J connectivity index is 2.43. The fourth-order valence-electron chi connectivity index (χ4n) is 1.50. The van der Waals surface area contributed by atoms with Gasteiger partial charge in [-0.25, -0.2) is 0 Å². The van der Waals surface area contributed by atoms with E-state index in [1.54, 1.807) is 6.92 Å². The van der Waals surface area contributed by atoms with E-state index in [0.717, 1.165) is 17.8 Å². The number of hydrogen-bond acceptors (Lipinski definition) is 4. The van der Waals surface area contributed by atoms with Crippen LogP contribution in [0.1, 0.15) is 18.6 Å². The Morgan fingerprint density at radius 2 is 1.88 bits per heavy atom. The zero-order valence-corrected chi connectivity index (χ0v) is 10.5. The predicted octanol–water partition coefficient (Wildman–Crippen LogP) is 1.19. The number of anilines is 1. The Bertz CT molecular complexity index is 311. The Kier molecular flexibility index (Phi) is 5.97. The number of rotatable bonds is 7. The predicted molar refractivity (Wildman–Crippen MR) is 68.3 cm³/mol. The van der Waals surface area contributed by atoms with Gasteiger partial charge < -0.3 is 19.8 Å². The van der Waals surface area contributed by atoms with E-state index in [4.69, 9.17) is 9.84 Å². The fraction of sp³-hybridized carbons (Fsp3) is 0.538. The molecule has 0 bridgehead atoms. The van der Waals surface area contributed by atoms with E-state index in [-0.39, 0.29) is 6.61 Å². The molecule has 0 aliphatic heterocycles. The van der Waals surface area contributed by atoms with Crippen LogP contribution < -0.4 is 4.90 Å². The summed E-state index contributed by atoms with van der Waals surface area (Å²) in [5.41, 5.74) is 2.00. The molecule has 1 aromatic carbocycles. The van der Waals surface area contributed by atoms with Crippen LogP contribution in [0.25, 0.3) is 0 Å². The standard InChI is InChI=1S/C13H21NO3/c1-11(16)12-3-5-13(6-4-12)14(2)7-9-17-10-8-15/h3-6,11,15-16H,7-10H2,1-2H3/t11-/m1/s1. The summed E-state index contributed by atoms with van der Waals surface area (Å²) in [5, 5.41) is 18.0. The highest BCUT2D eigenvalue weighted by Gasteiger charge is 2.03. The highest BCUT2D eigenvalue weighted by Crippen LogP contribution is 2.17. The molecule has 0 radical (unpaired) electrons. The van der Waals surface area contributed by atoms with Gasteiger partial charge in [0.15, 0.2) is 0 Å². The van der Waals surface area contributed by atoms with Crippen molar-refractivity contribution in [3.63, 3.8) is 0 Å². The van der Waals surface area contributed by atoms with Crippen molar-refractivity contribution in [3.05, 3.63) is 29.8 Å². The van der Waals surface area contributed by atoms with Gasteiger partial charge >= 0.3 is 0 Å². The molecular weight excluding hydrogens is 218 g/mol. The third-order valence-corrected chi connectivity index (χ3v) is 2.62. The highest BCUT2D eigenvalue weighted by molar-refractivity contribution is 5.47. The number of benzene rings is 1. The topological polar surface area (TPSA) is 52.9 Å². The number of likely N-dealkylation sites (N-methyl/N-ethyl adjacent to an activating group) is 1. The minimum absolute atomic E-state index is 0.0623. The van der Waals surface area contributed by atoms with Gasteiger partial charge in [-0.3, -0.25) is 0 Å². The SMILES string of the molecule is C[C@@H](O)c1ccc(N(C)CCOCCO)cc1. The van der Waals surface area contributed by atoms with Gasteiger partial charge in [0.2, 0.25) is 0 Å². The van der Waals surface area contributed by atoms with Crippen LogP contribution >= 0.6 is 0 Å². The number of nitrogens with zero attached hydrogens (tertiary/aromatic N) is 1. The van der Waals surface area contributed by atoms with E-state index in [1.807, 2.05) is 31.3 Å². The van der Waals surface area contributed by atoms with Gasteiger partial charge in [0, 0.05) is 19.3 Å². The van der Waals surface area contributed by atoms with Crippen molar-refractivity contribution in [2.75, 3.05) is 38.3 Å². The minimum Gasteiger partial charge on any atom is -0.394 e. The molecule has 0 saturated carbocycles. The fourth-order valence-corrected chi connectivity index (χ4v) is 1.50. The summed E-state index contributed by atoms with van der Waals surface area (Å²) in [6.07, 6.45) is -0.428. The van der Waals surface area contributed by atoms with Gasteiger partial charge in [-0.15, -0.1) is 0 Å². The molecule has 17 heavy (non-hydrogen) atoms. The van der Waals surface area contributed by atoms with Crippen LogP contribution in [0.2, 0.25) is 0 Å². The van der Waals surface area contributed by atoms with Crippen LogP contribution in [0.5, 0.6) is 0 Å². The zero-order chi connectivity index (χ0) is 12.7. The van der Waals surface area contributed by atoms with Gasteiger partial charge in [-0.1, -0.05) is 12.1 Å². The van der Waals surface area contributed by atoms with E-state index < -0.39 is 6.10 Å². The van der Waals surface area contributed by atoms with Gasteiger partial charge in [-0.05, 0) is 24.6 Å². The van der Waals surface area contributed by atoms with Gasteiger partial charge in [-0.2, -0.15) is 0 Å². The second-order valence-electron chi connectivity index (χ2n) is 4.03. The van der Waals surface area contributed by atoms with Crippen molar-refractivity contribution >= 4 is 5.69 Å². The molecule has 0 fully saturated rings. The molecule has 0 heterocycles. The van der Waals surface area contributed by atoms with Crippen molar-refractivity contribution < 1.29 is 14.9 Å². The van der Waals surface area contributed by atoms with Gasteiger partial charge in [0.1, 0.15) is 0 Å². The molecule has 0 aliphatic rings. The quantitative estimate of drug-likeness (QED) is 0.702. The van der Waals surface area contributed by atoms with E-state index in [0.29, 0.717) is 13.2 Å². The Hall–Kier alpha value is -1.10. The Morgan fingerprint density at radius 1 is 1.24 bits per heavy atom. The summed E-state index contributed by atoms with van der Waals surface area (Å²) in [4.78, 5) is 2.07. The summed E-state index contributed by atoms with van der Waals surface area (Å²) < 4.78 is 5.21. The second-order valence-corrected chi connectivity index (χ2v) is 4.03. The van der Waals surface area contributed by atoms with Crippen molar-refractivity contribution in [2.45, 2.75) is 13.0 Å². The van der Waals surface area contributed by atoms with E-state index in [1.165, 1.54) is 0 Å². The molecule has 1 atom stereocenters. The number of aliphatic hydroxyl groups is 2. The first-order chi connectivity index (χ1) is 8.15. The summed E-state index contributed by atoms with van der Waals surface area (Å²) in [6, 6.07) is 7.80. The molecule has 1 aromatic rings. The largest absolute Gasteiger partial charge is 0.394 e. The van der Waals surface area contributed by atoms with Gasteiger partial charge in [0.05, 0.1) is 25.9 Å². The molecule has 4 heteroatoms. The van der Waals surface area contributed by atoms with Crippen molar-refractivity contribution in [2.24, 2.45) is 0 Å². The molecule has 96 valence electrons. The lowest BCUT2D eigenvalue weighted by molar-refractivity contribution is 0.0971. The zero-order valence-electron chi connectivity index (χ0n) is 10.5. The molecule has 0 aromatic heterocycles.